The van der Waals surface area contributed by atoms with Gasteiger partial charge >= 0.3 is 0 Å². The second-order valence-electron chi connectivity index (χ2n) is 6.50. The maximum Gasteiger partial charge on any atom is 0.234 e. The van der Waals surface area contributed by atoms with Gasteiger partial charge in [0.05, 0.1) is 18.8 Å². The minimum Gasteiger partial charge on any atom is -0.467 e. The van der Waals surface area contributed by atoms with E-state index in [1.54, 1.807) is 6.26 Å². The van der Waals surface area contributed by atoms with Gasteiger partial charge in [-0.25, -0.2) is 0 Å². The van der Waals surface area contributed by atoms with Crippen molar-refractivity contribution < 1.29 is 9.21 Å². The second kappa shape index (κ2) is 7.93. The number of carbonyl (C=O) groups excluding carboxylic acids is 1. The van der Waals surface area contributed by atoms with Crippen molar-refractivity contribution in [2.45, 2.75) is 19.9 Å². The van der Waals surface area contributed by atoms with Gasteiger partial charge in [-0.2, -0.15) is 0 Å². The van der Waals surface area contributed by atoms with Crippen LogP contribution in [-0.2, 0) is 4.79 Å². The quantitative estimate of drug-likeness (QED) is 0.888. The van der Waals surface area contributed by atoms with Gasteiger partial charge in [0.2, 0.25) is 5.91 Å². The Hall–Kier alpha value is -1.98. The van der Waals surface area contributed by atoms with E-state index in [0.717, 1.165) is 37.0 Å². The number of carbonyl (C=O) groups is 1. The van der Waals surface area contributed by atoms with Gasteiger partial charge < -0.3 is 14.6 Å². The van der Waals surface area contributed by atoms with Crippen LogP contribution in [-0.4, -0.2) is 43.5 Å². The fourth-order valence-electron chi connectivity index (χ4n) is 3.17. The Morgan fingerprint density at radius 1 is 1.28 bits per heavy atom. The molecular weight excluding hydrogens is 338 g/mol. The molecule has 1 N–H and O–H groups in total. The van der Waals surface area contributed by atoms with Crippen molar-refractivity contribution in [1.82, 2.24) is 10.2 Å². The van der Waals surface area contributed by atoms with E-state index in [4.69, 9.17) is 16.0 Å². The van der Waals surface area contributed by atoms with Crippen LogP contribution in [0.15, 0.2) is 41.0 Å². The molecule has 5 nitrogen and oxygen atoms in total. The largest absolute Gasteiger partial charge is 0.467 e. The highest BCUT2D eigenvalue weighted by Crippen LogP contribution is 2.25. The number of nitrogens with zero attached hydrogens (tertiary/aromatic N) is 2. The van der Waals surface area contributed by atoms with Gasteiger partial charge in [0.25, 0.3) is 0 Å². The predicted molar refractivity (Wildman–Crippen MR) is 100 cm³/mol. The summed E-state index contributed by atoms with van der Waals surface area (Å²) in [6.45, 7) is 7.93. The average molecular weight is 362 g/mol. The number of benzene rings is 1. The molecule has 1 saturated heterocycles. The zero-order valence-electron chi connectivity index (χ0n) is 14.7. The minimum absolute atomic E-state index is 0.0243. The van der Waals surface area contributed by atoms with Crippen LogP contribution >= 0.6 is 11.6 Å². The second-order valence-corrected chi connectivity index (χ2v) is 6.94. The molecule has 1 aliphatic rings. The lowest BCUT2D eigenvalue weighted by molar-refractivity contribution is -0.123. The van der Waals surface area contributed by atoms with E-state index in [9.17, 15) is 4.79 Å². The van der Waals surface area contributed by atoms with Crippen LogP contribution in [0.25, 0.3) is 0 Å². The fraction of sp³-hybridized carbons (Fsp3) is 0.421. The Morgan fingerprint density at radius 2 is 2.04 bits per heavy atom. The van der Waals surface area contributed by atoms with Crippen LogP contribution < -0.4 is 10.2 Å². The highest BCUT2D eigenvalue weighted by molar-refractivity contribution is 6.30. The van der Waals surface area contributed by atoms with Crippen molar-refractivity contribution in [2.75, 3.05) is 37.6 Å². The topological polar surface area (TPSA) is 48.7 Å². The molecule has 1 aliphatic heterocycles. The number of rotatable bonds is 5. The number of halogens is 1. The molecule has 25 heavy (non-hydrogen) atoms. The van der Waals surface area contributed by atoms with Crippen LogP contribution in [0, 0.1) is 6.92 Å². The van der Waals surface area contributed by atoms with Gasteiger partial charge in [-0.1, -0.05) is 17.7 Å². The molecule has 1 aromatic heterocycles. The molecule has 6 heteroatoms. The maximum absolute atomic E-state index is 12.2. The maximum atomic E-state index is 12.2. The van der Waals surface area contributed by atoms with E-state index in [0.29, 0.717) is 6.54 Å². The molecule has 0 radical (unpaired) electrons. The monoisotopic (exact) mass is 361 g/mol. The summed E-state index contributed by atoms with van der Waals surface area (Å²) < 4.78 is 5.32. The van der Waals surface area contributed by atoms with Gasteiger partial charge in [0.1, 0.15) is 5.76 Å². The molecule has 0 saturated carbocycles. The Morgan fingerprint density at radius 3 is 2.72 bits per heavy atom. The Bertz CT molecular complexity index is 709. The number of amides is 1. The smallest absolute Gasteiger partial charge is 0.234 e. The molecule has 0 aliphatic carbocycles. The molecule has 0 spiro atoms. The molecule has 2 heterocycles. The van der Waals surface area contributed by atoms with E-state index in [2.05, 4.69) is 22.0 Å². The predicted octanol–water partition coefficient (Wildman–Crippen LogP) is 3.24. The average Bonchev–Trinajstić information content (AvgIpc) is 3.12. The van der Waals surface area contributed by atoms with Crippen molar-refractivity contribution in [3.63, 3.8) is 0 Å². The van der Waals surface area contributed by atoms with E-state index in [1.165, 1.54) is 11.3 Å². The molecule has 1 unspecified atom stereocenters. The molecule has 1 fully saturated rings. The number of hydrogen-bond acceptors (Lipinski definition) is 4. The minimum atomic E-state index is -0.113. The molecule has 1 aromatic carbocycles. The zero-order chi connectivity index (χ0) is 17.8. The lowest BCUT2D eigenvalue weighted by Crippen LogP contribution is -2.49. The molecule has 2 aromatic rings. The number of piperazine rings is 1. The number of aryl methyl sites for hydroxylation is 1. The summed E-state index contributed by atoms with van der Waals surface area (Å²) in [7, 11) is 0. The van der Waals surface area contributed by atoms with Crippen molar-refractivity contribution in [3.05, 3.63) is 52.9 Å². The first kappa shape index (κ1) is 17.8. The van der Waals surface area contributed by atoms with Crippen LogP contribution in [0.3, 0.4) is 0 Å². The third-order valence-corrected chi connectivity index (χ3v) is 4.83. The highest BCUT2D eigenvalue weighted by atomic mass is 35.5. The van der Waals surface area contributed by atoms with Crippen LogP contribution in [0.2, 0.25) is 5.02 Å². The van der Waals surface area contributed by atoms with Crippen molar-refractivity contribution >= 4 is 23.2 Å². The van der Waals surface area contributed by atoms with Gasteiger partial charge in [-0.3, -0.25) is 9.69 Å². The number of furan rings is 1. The third-order valence-electron chi connectivity index (χ3n) is 4.60. The summed E-state index contributed by atoms with van der Waals surface area (Å²) in [6, 6.07) is 9.57. The molecule has 3 rings (SSSR count). The van der Waals surface area contributed by atoms with E-state index < -0.39 is 0 Å². The van der Waals surface area contributed by atoms with Crippen LogP contribution in [0.1, 0.15) is 24.3 Å². The zero-order valence-corrected chi connectivity index (χ0v) is 15.4. The van der Waals surface area contributed by atoms with Crippen molar-refractivity contribution in [2.24, 2.45) is 0 Å². The first-order chi connectivity index (χ1) is 12.0. The highest BCUT2D eigenvalue weighted by Gasteiger charge is 2.21. The lowest BCUT2D eigenvalue weighted by atomic mass is 10.1. The molecule has 1 amide bonds. The van der Waals surface area contributed by atoms with Gasteiger partial charge in [0.15, 0.2) is 0 Å². The first-order valence-corrected chi connectivity index (χ1v) is 8.97. The Kier molecular flexibility index (Phi) is 5.66. The fourth-order valence-corrected chi connectivity index (χ4v) is 3.34. The summed E-state index contributed by atoms with van der Waals surface area (Å²) in [5, 5.41) is 3.74. The van der Waals surface area contributed by atoms with Crippen molar-refractivity contribution in [1.29, 1.82) is 0 Å². The molecule has 134 valence electrons. The number of hydrogen-bond donors (Lipinski definition) is 1. The van der Waals surface area contributed by atoms with E-state index in [1.807, 2.05) is 37.3 Å². The third kappa shape index (κ3) is 4.55. The standard InChI is InChI=1S/C19H24ClN3O2/c1-14-5-6-16(20)12-17(14)23-9-7-22(8-10-23)13-19(24)21-15(2)18-4-3-11-25-18/h3-6,11-12,15H,7-10,13H2,1-2H3,(H,21,24). The first-order valence-electron chi connectivity index (χ1n) is 8.59. The van der Waals surface area contributed by atoms with Crippen molar-refractivity contribution in [3.8, 4) is 0 Å². The summed E-state index contributed by atoms with van der Waals surface area (Å²) in [4.78, 5) is 16.8. The Balaban J connectivity index is 1.49. The van der Waals surface area contributed by atoms with Gasteiger partial charge in [0, 0.05) is 36.9 Å². The van der Waals surface area contributed by atoms with E-state index >= 15 is 0 Å². The van der Waals surface area contributed by atoms with Gasteiger partial charge in [-0.15, -0.1) is 0 Å². The SMILES string of the molecule is Cc1ccc(Cl)cc1N1CCN(CC(=O)NC(C)c2ccco2)CC1. The Labute approximate surface area is 153 Å². The summed E-state index contributed by atoms with van der Waals surface area (Å²) in [6.07, 6.45) is 1.62. The summed E-state index contributed by atoms with van der Waals surface area (Å²) >= 11 is 6.13. The molecule has 0 bridgehead atoms. The van der Waals surface area contributed by atoms with Gasteiger partial charge in [-0.05, 0) is 43.7 Å². The molecular formula is C19H24ClN3O2. The van der Waals surface area contributed by atoms with E-state index in [-0.39, 0.29) is 11.9 Å². The van der Waals surface area contributed by atoms with Crippen LogP contribution in [0.4, 0.5) is 5.69 Å². The summed E-state index contributed by atoms with van der Waals surface area (Å²) in [5.74, 6) is 0.797. The number of nitrogens with one attached hydrogen (secondary N) is 1. The lowest BCUT2D eigenvalue weighted by Gasteiger charge is -2.36. The molecule has 1 atom stereocenters. The normalized spacial score (nSPS) is 16.7. The van der Waals surface area contributed by atoms with Crippen LogP contribution in [0.5, 0.6) is 0 Å². The number of anilines is 1. The summed E-state index contributed by atoms with van der Waals surface area (Å²) in [5.41, 5.74) is 2.41.